The molecule has 1 heterocycles. The van der Waals surface area contributed by atoms with Crippen LogP contribution in [0.3, 0.4) is 0 Å². The van der Waals surface area contributed by atoms with Gasteiger partial charge in [-0.25, -0.2) is 0 Å². The lowest BCUT2D eigenvalue weighted by Crippen LogP contribution is -2.00. The standard InChI is InChI=1S/C23H19ClN4OS/c24-20-13-19(11-12-21(20)29-16-18-9-5-2-6-10-18)15-25-28-22(26-27-23(28)30)14-17-7-3-1-4-8-17/h1-13,15H,14,16H2,(H,27,30)/b25-15-. The number of nitrogens with one attached hydrogen (secondary N) is 1. The first-order chi connectivity index (χ1) is 14.7. The lowest BCUT2D eigenvalue weighted by Gasteiger charge is -2.08. The highest BCUT2D eigenvalue weighted by Gasteiger charge is 2.07. The normalized spacial score (nSPS) is 11.1. The van der Waals surface area contributed by atoms with Gasteiger partial charge in [0.1, 0.15) is 12.4 Å². The molecule has 0 spiro atoms. The van der Waals surface area contributed by atoms with Gasteiger partial charge in [0.25, 0.3) is 0 Å². The summed E-state index contributed by atoms with van der Waals surface area (Å²) in [5.41, 5.74) is 3.05. The summed E-state index contributed by atoms with van der Waals surface area (Å²) in [6.07, 6.45) is 2.32. The van der Waals surface area contributed by atoms with E-state index in [1.165, 1.54) is 0 Å². The van der Waals surface area contributed by atoms with E-state index in [1.54, 1.807) is 10.9 Å². The fraction of sp³-hybridized carbons (Fsp3) is 0.0870. The highest BCUT2D eigenvalue weighted by Crippen LogP contribution is 2.26. The number of benzene rings is 3. The summed E-state index contributed by atoms with van der Waals surface area (Å²) in [6, 6.07) is 25.6. The Bertz CT molecular complexity index is 1200. The predicted molar refractivity (Wildman–Crippen MR) is 122 cm³/mol. The molecule has 150 valence electrons. The number of hydrogen-bond acceptors (Lipinski definition) is 4. The number of halogens is 1. The highest BCUT2D eigenvalue weighted by molar-refractivity contribution is 7.71. The molecule has 5 nitrogen and oxygen atoms in total. The molecule has 30 heavy (non-hydrogen) atoms. The van der Waals surface area contributed by atoms with Crippen LogP contribution < -0.4 is 4.74 Å². The van der Waals surface area contributed by atoms with Crippen molar-refractivity contribution in [2.24, 2.45) is 5.10 Å². The van der Waals surface area contributed by atoms with Gasteiger partial charge in [0.05, 0.1) is 11.2 Å². The van der Waals surface area contributed by atoms with Gasteiger partial charge in [-0.3, -0.25) is 5.10 Å². The maximum atomic E-state index is 6.39. The van der Waals surface area contributed by atoms with E-state index in [0.29, 0.717) is 28.6 Å². The minimum absolute atomic E-state index is 0.436. The van der Waals surface area contributed by atoms with Crippen molar-refractivity contribution in [2.75, 3.05) is 0 Å². The van der Waals surface area contributed by atoms with Crippen molar-refractivity contribution in [3.05, 3.63) is 111 Å². The van der Waals surface area contributed by atoms with Gasteiger partial charge in [0.2, 0.25) is 4.77 Å². The monoisotopic (exact) mass is 434 g/mol. The number of hydrogen-bond donors (Lipinski definition) is 1. The number of aromatic nitrogens is 3. The molecule has 4 aromatic rings. The van der Waals surface area contributed by atoms with Crippen molar-refractivity contribution in [3.8, 4) is 5.75 Å². The van der Waals surface area contributed by atoms with Crippen molar-refractivity contribution in [3.63, 3.8) is 0 Å². The summed E-state index contributed by atoms with van der Waals surface area (Å²) < 4.78 is 7.88. The first-order valence-electron chi connectivity index (χ1n) is 9.40. The average molecular weight is 435 g/mol. The average Bonchev–Trinajstić information content (AvgIpc) is 3.12. The number of aromatic amines is 1. The topological polar surface area (TPSA) is 55.2 Å². The Balaban J connectivity index is 1.47. The maximum Gasteiger partial charge on any atom is 0.216 e. The smallest absolute Gasteiger partial charge is 0.216 e. The third-order valence-electron chi connectivity index (χ3n) is 4.44. The zero-order chi connectivity index (χ0) is 20.8. The highest BCUT2D eigenvalue weighted by atomic mass is 35.5. The summed E-state index contributed by atoms with van der Waals surface area (Å²) in [7, 11) is 0. The quantitative estimate of drug-likeness (QED) is 0.302. The van der Waals surface area contributed by atoms with Crippen LogP contribution in [-0.2, 0) is 13.0 Å². The van der Waals surface area contributed by atoms with Crippen molar-refractivity contribution in [1.29, 1.82) is 0 Å². The largest absolute Gasteiger partial charge is 0.487 e. The summed E-state index contributed by atoms with van der Waals surface area (Å²) in [6.45, 7) is 0.459. The molecule has 4 rings (SSSR count). The Morgan fingerprint density at radius 2 is 1.70 bits per heavy atom. The summed E-state index contributed by atoms with van der Waals surface area (Å²) in [5.74, 6) is 1.36. The Morgan fingerprint density at radius 1 is 1.00 bits per heavy atom. The van der Waals surface area contributed by atoms with E-state index in [1.807, 2.05) is 78.9 Å². The molecule has 0 fully saturated rings. The lowest BCUT2D eigenvalue weighted by atomic mass is 10.1. The third kappa shape index (κ3) is 5.03. The summed E-state index contributed by atoms with van der Waals surface area (Å²) in [5, 5.41) is 12.1. The summed E-state index contributed by atoms with van der Waals surface area (Å²) in [4.78, 5) is 0. The summed E-state index contributed by atoms with van der Waals surface area (Å²) >= 11 is 11.7. The third-order valence-corrected chi connectivity index (χ3v) is 5.00. The lowest BCUT2D eigenvalue weighted by molar-refractivity contribution is 0.306. The second-order valence-corrected chi connectivity index (χ2v) is 7.42. The fourth-order valence-electron chi connectivity index (χ4n) is 2.91. The van der Waals surface area contributed by atoms with Crippen LogP contribution in [0.5, 0.6) is 5.75 Å². The molecule has 1 N–H and O–H groups in total. The van der Waals surface area contributed by atoms with Crippen LogP contribution in [0.2, 0.25) is 5.02 Å². The first kappa shape index (κ1) is 20.1. The van der Waals surface area contributed by atoms with Crippen LogP contribution in [-0.4, -0.2) is 21.1 Å². The van der Waals surface area contributed by atoms with Gasteiger partial charge in [0.15, 0.2) is 5.82 Å². The van der Waals surface area contributed by atoms with Crippen LogP contribution in [0.15, 0.2) is 84.0 Å². The predicted octanol–water partition coefficient (Wildman–Crippen LogP) is 5.65. The van der Waals surface area contributed by atoms with Crippen molar-refractivity contribution in [1.82, 2.24) is 14.9 Å². The molecule has 0 aliphatic rings. The van der Waals surface area contributed by atoms with Crippen molar-refractivity contribution in [2.45, 2.75) is 13.0 Å². The molecule has 0 unspecified atom stereocenters. The van der Waals surface area contributed by atoms with E-state index in [0.717, 1.165) is 22.5 Å². The number of H-pyrrole nitrogens is 1. The van der Waals surface area contributed by atoms with Gasteiger partial charge in [-0.05, 0) is 47.1 Å². The minimum atomic E-state index is 0.436. The molecular formula is C23H19ClN4OS. The van der Waals surface area contributed by atoms with E-state index >= 15 is 0 Å². The van der Waals surface area contributed by atoms with Gasteiger partial charge in [-0.1, -0.05) is 72.3 Å². The molecular weight excluding hydrogens is 416 g/mol. The maximum absolute atomic E-state index is 6.39. The van der Waals surface area contributed by atoms with Gasteiger partial charge in [-0.15, -0.1) is 0 Å². The Hall–Kier alpha value is -3.22. The van der Waals surface area contributed by atoms with E-state index in [9.17, 15) is 0 Å². The number of rotatable bonds is 7. The van der Waals surface area contributed by atoms with E-state index in [-0.39, 0.29) is 0 Å². The van der Waals surface area contributed by atoms with Crippen LogP contribution >= 0.6 is 23.8 Å². The van der Waals surface area contributed by atoms with E-state index in [4.69, 9.17) is 28.6 Å². The molecule has 0 atom stereocenters. The molecule has 0 aliphatic heterocycles. The molecule has 0 saturated heterocycles. The van der Waals surface area contributed by atoms with Gasteiger partial charge >= 0.3 is 0 Å². The van der Waals surface area contributed by atoms with Gasteiger partial charge in [-0.2, -0.15) is 14.9 Å². The zero-order valence-electron chi connectivity index (χ0n) is 16.0. The van der Waals surface area contributed by atoms with E-state index < -0.39 is 0 Å². The van der Waals surface area contributed by atoms with Gasteiger partial charge in [0, 0.05) is 6.42 Å². The van der Waals surface area contributed by atoms with Crippen LogP contribution in [0.4, 0.5) is 0 Å². The molecule has 0 radical (unpaired) electrons. The van der Waals surface area contributed by atoms with Gasteiger partial charge < -0.3 is 4.74 Å². The SMILES string of the molecule is S=c1[nH]nc(Cc2ccccc2)n1/N=C\c1ccc(OCc2ccccc2)c(Cl)c1. The molecule has 1 aromatic heterocycles. The first-order valence-corrected chi connectivity index (χ1v) is 10.2. The van der Waals surface area contributed by atoms with Crippen LogP contribution in [0, 0.1) is 4.77 Å². The molecule has 0 amide bonds. The van der Waals surface area contributed by atoms with Crippen LogP contribution in [0.1, 0.15) is 22.5 Å². The number of ether oxygens (including phenoxy) is 1. The Labute approximate surface area is 184 Å². The molecule has 3 aromatic carbocycles. The Morgan fingerprint density at radius 3 is 2.40 bits per heavy atom. The molecule has 0 aliphatic carbocycles. The fourth-order valence-corrected chi connectivity index (χ4v) is 3.35. The molecule has 0 saturated carbocycles. The van der Waals surface area contributed by atoms with E-state index in [2.05, 4.69) is 15.3 Å². The molecule has 0 bridgehead atoms. The van der Waals surface area contributed by atoms with Crippen molar-refractivity contribution < 1.29 is 4.74 Å². The molecule has 7 heteroatoms. The minimum Gasteiger partial charge on any atom is -0.487 e. The van der Waals surface area contributed by atoms with Crippen LogP contribution in [0.25, 0.3) is 0 Å². The second-order valence-electron chi connectivity index (χ2n) is 6.63. The second kappa shape index (κ2) is 9.52. The Kier molecular flexibility index (Phi) is 6.37. The zero-order valence-corrected chi connectivity index (χ0v) is 17.6. The van der Waals surface area contributed by atoms with Crippen molar-refractivity contribution >= 4 is 30.0 Å². The number of nitrogens with zero attached hydrogens (tertiary/aromatic N) is 3.